The maximum absolute atomic E-state index is 8.66. The molecule has 5 heteroatoms. The molecule has 0 aliphatic rings. The van der Waals surface area contributed by atoms with Crippen molar-refractivity contribution < 1.29 is 9.94 Å². The van der Waals surface area contributed by atoms with Gasteiger partial charge in [0.1, 0.15) is 12.4 Å². The predicted molar refractivity (Wildman–Crippen MR) is 82.2 cm³/mol. The van der Waals surface area contributed by atoms with Crippen LogP contribution in [0.5, 0.6) is 5.75 Å². The van der Waals surface area contributed by atoms with E-state index in [1.165, 1.54) is 0 Å². The lowest BCUT2D eigenvalue weighted by molar-refractivity contribution is 0.305. The summed E-state index contributed by atoms with van der Waals surface area (Å²) in [7, 11) is 0. The van der Waals surface area contributed by atoms with Crippen LogP contribution in [0.25, 0.3) is 0 Å². The quantitative estimate of drug-likeness (QED) is 0.389. The molecule has 0 aliphatic heterocycles. The van der Waals surface area contributed by atoms with E-state index in [0.29, 0.717) is 12.2 Å². The highest BCUT2D eigenvalue weighted by Crippen LogP contribution is 2.20. The molecule has 0 saturated carbocycles. The lowest BCUT2D eigenvalue weighted by atomic mass is 10.1. The van der Waals surface area contributed by atoms with Gasteiger partial charge in [-0.2, -0.15) is 0 Å². The average Bonchev–Trinajstić information content (AvgIpc) is 2.45. The summed E-state index contributed by atoms with van der Waals surface area (Å²) in [5.41, 5.74) is 8.34. The first-order valence-corrected chi connectivity index (χ1v) is 6.85. The van der Waals surface area contributed by atoms with E-state index in [-0.39, 0.29) is 5.84 Å². The molecule has 0 atom stereocenters. The van der Waals surface area contributed by atoms with E-state index in [9.17, 15) is 0 Å². The number of oxime groups is 1. The molecular formula is C15H15BrN2O2. The second kappa shape index (κ2) is 6.43. The van der Waals surface area contributed by atoms with E-state index in [2.05, 4.69) is 21.1 Å². The van der Waals surface area contributed by atoms with Crippen LogP contribution >= 0.6 is 15.9 Å². The van der Waals surface area contributed by atoms with Crippen LogP contribution in [-0.2, 0) is 6.61 Å². The summed E-state index contributed by atoms with van der Waals surface area (Å²) in [5.74, 6) is 0.909. The molecule has 0 unspecified atom stereocenters. The van der Waals surface area contributed by atoms with Crippen LogP contribution in [0, 0.1) is 6.92 Å². The second-order valence-corrected chi connectivity index (χ2v) is 5.29. The zero-order valence-electron chi connectivity index (χ0n) is 11.0. The number of rotatable bonds is 4. The molecule has 2 aromatic carbocycles. The van der Waals surface area contributed by atoms with Crippen molar-refractivity contribution >= 4 is 21.8 Å². The molecular weight excluding hydrogens is 320 g/mol. The Kier molecular flexibility index (Phi) is 4.63. The molecule has 0 spiro atoms. The van der Waals surface area contributed by atoms with Gasteiger partial charge < -0.3 is 15.7 Å². The Morgan fingerprint density at radius 1 is 1.30 bits per heavy atom. The normalized spacial score (nSPS) is 11.4. The molecule has 0 fully saturated rings. The number of nitrogens with two attached hydrogens (primary N) is 1. The first-order chi connectivity index (χ1) is 9.60. The smallest absolute Gasteiger partial charge is 0.170 e. The highest BCUT2D eigenvalue weighted by Gasteiger charge is 2.04. The maximum Gasteiger partial charge on any atom is 0.170 e. The van der Waals surface area contributed by atoms with E-state index in [1.807, 2.05) is 49.4 Å². The number of hydrogen-bond acceptors (Lipinski definition) is 3. The molecule has 0 radical (unpaired) electrons. The largest absolute Gasteiger partial charge is 0.489 e. The van der Waals surface area contributed by atoms with Gasteiger partial charge in [-0.15, -0.1) is 0 Å². The topological polar surface area (TPSA) is 67.8 Å². The van der Waals surface area contributed by atoms with Crippen LogP contribution in [0.3, 0.4) is 0 Å². The monoisotopic (exact) mass is 334 g/mol. The fourth-order valence-corrected chi connectivity index (χ4v) is 2.17. The van der Waals surface area contributed by atoms with E-state index in [4.69, 9.17) is 15.7 Å². The Bertz CT molecular complexity index is 642. The van der Waals surface area contributed by atoms with Crippen LogP contribution in [0.4, 0.5) is 0 Å². The average molecular weight is 335 g/mol. The summed E-state index contributed by atoms with van der Waals surface area (Å²) in [6, 6.07) is 13.3. The number of amidine groups is 1. The third kappa shape index (κ3) is 3.51. The standard InChI is InChI=1S/C15H15BrN2O2/c1-10-7-11(15(17)18-19)5-6-12(10)9-20-14-4-2-3-13(16)8-14/h2-8,19H,9H2,1H3,(H2,17,18). The van der Waals surface area contributed by atoms with Gasteiger partial charge in [0.25, 0.3) is 0 Å². The number of halogens is 1. The van der Waals surface area contributed by atoms with Crippen LogP contribution < -0.4 is 10.5 Å². The Labute approximate surface area is 126 Å². The molecule has 0 aromatic heterocycles. The third-order valence-corrected chi connectivity index (χ3v) is 3.43. The van der Waals surface area contributed by atoms with Crippen LogP contribution in [-0.4, -0.2) is 11.0 Å². The SMILES string of the molecule is Cc1cc(/C(N)=N/O)ccc1COc1cccc(Br)c1. The Morgan fingerprint density at radius 3 is 2.75 bits per heavy atom. The van der Waals surface area contributed by atoms with E-state index in [1.54, 1.807) is 0 Å². The van der Waals surface area contributed by atoms with Gasteiger partial charge in [0.05, 0.1) is 0 Å². The molecule has 0 saturated heterocycles. The molecule has 20 heavy (non-hydrogen) atoms. The Balaban J connectivity index is 2.11. The van der Waals surface area contributed by atoms with Gasteiger partial charge in [0.15, 0.2) is 5.84 Å². The molecule has 0 heterocycles. The minimum Gasteiger partial charge on any atom is -0.489 e. The number of nitrogens with zero attached hydrogens (tertiary/aromatic N) is 1. The van der Waals surface area contributed by atoms with Gasteiger partial charge in [-0.05, 0) is 42.3 Å². The van der Waals surface area contributed by atoms with Crippen molar-refractivity contribution in [2.24, 2.45) is 10.9 Å². The van der Waals surface area contributed by atoms with Gasteiger partial charge in [0, 0.05) is 10.0 Å². The van der Waals surface area contributed by atoms with Crippen LogP contribution in [0.1, 0.15) is 16.7 Å². The van der Waals surface area contributed by atoms with Gasteiger partial charge in [-0.1, -0.05) is 39.3 Å². The lowest BCUT2D eigenvalue weighted by Gasteiger charge is -2.10. The summed E-state index contributed by atoms with van der Waals surface area (Å²) in [6.45, 7) is 2.44. The van der Waals surface area contributed by atoms with E-state index < -0.39 is 0 Å². The van der Waals surface area contributed by atoms with Crippen molar-refractivity contribution in [3.8, 4) is 5.75 Å². The first-order valence-electron chi connectivity index (χ1n) is 6.06. The molecule has 3 N–H and O–H groups in total. The summed E-state index contributed by atoms with van der Waals surface area (Å²) in [4.78, 5) is 0. The summed E-state index contributed by atoms with van der Waals surface area (Å²) < 4.78 is 6.72. The fourth-order valence-electron chi connectivity index (χ4n) is 1.79. The van der Waals surface area contributed by atoms with Crippen molar-refractivity contribution in [2.45, 2.75) is 13.5 Å². The minimum absolute atomic E-state index is 0.104. The molecule has 0 bridgehead atoms. The number of ether oxygens (including phenoxy) is 1. The summed E-state index contributed by atoms with van der Waals surface area (Å²) >= 11 is 3.41. The predicted octanol–water partition coefficient (Wildman–Crippen LogP) is 3.43. The Hall–Kier alpha value is -2.01. The van der Waals surface area contributed by atoms with Crippen molar-refractivity contribution in [1.82, 2.24) is 0 Å². The van der Waals surface area contributed by atoms with Gasteiger partial charge in [0.2, 0.25) is 0 Å². The summed E-state index contributed by atoms with van der Waals surface area (Å²) in [6.07, 6.45) is 0. The lowest BCUT2D eigenvalue weighted by Crippen LogP contribution is -2.13. The number of benzene rings is 2. The molecule has 104 valence electrons. The Morgan fingerprint density at radius 2 is 2.10 bits per heavy atom. The second-order valence-electron chi connectivity index (χ2n) is 4.37. The van der Waals surface area contributed by atoms with E-state index >= 15 is 0 Å². The molecule has 4 nitrogen and oxygen atoms in total. The highest BCUT2D eigenvalue weighted by atomic mass is 79.9. The number of hydrogen-bond donors (Lipinski definition) is 2. The van der Waals surface area contributed by atoms with Gasteiger partial charge in [-0.25, -0.2) is 0 Å². The fraction of sp³-hybridized carbons (Fsp3) is 0.133. The van der Waals surface area contributed by atoms with Crippen molar-refractivity contribution in [3.63, 3.8) is 0 Å². The molecule has 0 amide bonds. The molecule has 2 rings (SSSR count). The molecule has 0 aliphatic carbocycles. The summed E-state index contributed by atoms with van der Waals surface area (Å²) in [5, 5.41) is 11.7. The number of aryl methyl sites for hydroxylation is 1. The van der Waals surface area contributed by atoms with Gasteiger partial charge >= 0.3 is 0 Å². The van der Waals surface area contributed by atoms with Gasteiger partial charge in [-0.3, -0.25) is 0 Å². The van der Waals surface area contributed by atoms with E-state index in [0.717, 1.165) is 21.3 Å². The van der Waals surface area contributed by atoms with Crippen molar-refractivity contribution in [1.29, 1.82) is 0 Å². The zero-order valence-corrected chi connectivity index (χ0v) is 12.6. The van der Waals surface area contributed by atoms with Crippen molar-refractivity contribution in [2.75, 3.05) is 0 Å². The minimum atomic E-state index is 0.104. The van der Waals surface area contributed by atoms with Crippen LogP contribution in [0.15, 0.2) is 52.1 Å². The zero-order chi connectivity index (χ0) is 14.5. The first kappa shape index (κ1) is 14.4. The highest BCUT2D eigenvalue weighted by molar-refractivity contribution is 9.10. The third-order valence-electron chi connectivity index (χ3n) is 2.94. The van der Waals surface area contributed by atoms with Crippen molar-refractivity contribution in [3.05, 3.63) is 63.6 Å². The molecule has 2 aromatic rings. The maximum atomic E-state index is 8.66. The van der Waals surface area contributed by atoms with Crippen LogP contribution in [0.2, 0.25) is 0 Å².